The minimum Gasteiger partial charge on any atom is -0.482 e. The third-order valence-electron chi connectivity index (χ3n) is 1.83. The maximum absolute atomic E-state index is 13.1. The van der Waals surface area contributed by atoms with Gasteiger partial charge in [0.15, 0.2) is 12.9 Å². The molecule has 0 aliphatic rings. The van der Waals surface area contributed by atoms with Crippen molar-refractivity contribution >= 4 is 12.3 Å². The molecule has 1 rings (SSSR count). The van der Waals surface area contributed by atoms with Gasteiger partial charge in [-0.25, -0.2) is 13.6 Å². The third kappa shape index (κ3) is 3.51. The molecule has 0 spiro atoms. The smallest absolute Gasteiger partial charge is 0.344 e. The van der Waals surface area contributed by atoms with Gasteiger partial charge in [0.05, 0.1) is 12.2 Å². The minimum atomic E-state index is -1.04. The van der Waals surface area contributed by atoms with Gasteiger partial charge < -0.3 is 9.47 Å². The monoisotopic (exact) mass is 244 g/mol. The summed E-state index contributed by atoms with van der Waals surface area (Å²) in [4.78, 5) is 21.2. The van der Waals surface area contributed by atoms with Gasteiger partial charge in [0, 0.05) is 12.1 Å². The summed E-state index contributed by atoms with van der Waals surface area (Å²) in [5.74, 6) is -2.91. The van der Waals surface area contributed by atoms with Crippen LogP contribution in [0.15, 0.2) is 12.1 Å². The van der Waals surface area contributed by atoms with E-state index in [1.165, 1.54) is 0 Å². The van der Waals surface area contributed by atoms with Crippen LogP contribution in [0, 0.1) is 11.6 Å². The Morgan fingerprint density at radius 1 is 1.35 bits per heavy atom. The first-order valence-electron chi connectivity index (χ1n) is 4.81. The highest BCUT2D eigenvalue weighted by atomic mass is 19.1. The van der Waals surface area contributed by atoms with Crippen molar-refractivity contribution in [3.8, 4) is 5.75 Å². The maximum Gasteiger partial charge on any atom is 0.344 e. The van der Waals surface area contributed by atoms with E-state index in [-0.39, 0.29) is 18.6 Å². The van der Waals surface area contributed by atoms with E-state index in [0.29, 0.717) is 0 Å². The standard InChI is InChI=1S/C11H10F2O4/c1-2-16-11(15)6-17-7-3-9(12)8(5-14)10(13)4-7/h3-5H,2,6H2,1H3. The summed E-state index contributed by atoms with van der Waals surface area (Å²) >= 11 is 0. The Morgan fingerprint density at radius 3 is 2.41 bits per heavy atom. The van der Waals surface area contributed by atoms with Gasteiger partial charge >= 0.3 is 5.97 Å². The Hall–Kier alpha value is -1.98. The molecule has 1 aromatic rings. The van der Waals surface area contributed by atoms with Gasteiger partial charge in [0.2, 0.25) is 0 Å². The van der Waals surface area contributed by atoms with E-state index in [2.05, 4.69) is 4.74 Å². The fraction of sp³-hybridized carbons (Fsp3) is 0.273. The first-order valence-corrected chi connectivity index (χ1v) is 4.81. The molecule has 0 heterocycles. The van der Waals surface area contributed by atoms with Crippen molar-refractivity contribution in [1.82, 2.24) is 0 Å². The number of halogens is 2. The lowest BCUT2D eigenvalue weighted by Crippen LogP contribution is -2.14. The van der Waals surface area contributed by atoms with Crippen LogP contribution in [0.5, 0.6) is 5.75 Å². The Kier molecular flexibility index (Phi) is 4.56. The van der Waals surface area contributed by atoms with Crippen molar-refractivity contribution in [2.45, 2.75) is 6.92 Å². The summed E-state index contributed by atoms with van der Waals surface area (Å²) in [6.45, 7) is 1.36. The lowest BCUT2D eigenvalue weighted by molar-refractivity contribution is -0.145. The van der Waals surface area contributed by atoms with Gasteiger partial charge in [-0.15, -0.1) is 0 Å². The van der Waals surface area contributed by atoms with E-state index in [0.717, 1.165) is 12.1 Å². The number of carbonyl (C=O) groups excluding carboxylic acids is 2. The topological polar surface area (TPSA) is 52.6 Å². The maximum atomic E-state index is 13.1. The largest absolute Gasteiger partial charge is 0.482 e. The van der Waals surface area contributed by atoms with Crippen LogP contribution in [-0.4, -0.2) is 25.5 Å². The molecule has 92 valence electrons. The molecule has 0 atom stereocenters. The van der Waals surface area contributed by atoms with E-state index >= 15 is 0 Å². The predicted molar refractivity (Wildman–Crippen MR) is 53.9 cm³/mol. The number of carbonyl (C=O) groups is 2. The quantitative estimate of drug-likeness (QED) is 0.584. The second-order valence-corrected chi connectivity index (χ2v) is 3.01. The van der Waals surface area contributed by atoms with Crippen LogP contribution < -0.4 is 4.74 Å². The molecule has 17 heavy (non-hydrogen) atoms. The number of esters is 1. The minimum absolute atomic E-state index is 0.0692. The molecule has 0 aromatic heterocycles. The molecule has 0 N–H and O–H groups in total. The molecule has 1 aromatic carbocycles. The molecule has 0 bridgehead atoms. The number of hydrogen-bond donors (Lipinski definition) is 0. The first-order chi connectivity index (χ1) is 8.08. The zero-order valence-electron chi connectivity index (χ0n) is 9.04. The highest BCUT2D eigenvalue weighted by Crippen LogP contribution is 2.19. The summed E-state index contributed by atoms with van der Waals surface area (Å²) in [6, 6.07) is 1.65. The molecule has 0 amide bonds. The van der Waals surface area contributed by atoms with Crippen LogP contribution in [0.1, 0.15) is 17.3 Å². The average Bonchev–Trinajstić information content (AvgIpc) is 2.26. The lowest BCUT2D eigenvalue weighted by Gasteiger charge is -2.07. The number of hydrogen-bond acceptors (Lipinski definition) is 4. The predicted octanol–water partition coefficient (Wildman–Crippen LogP) is 1.72. The lowest BCUT2D eigenvalue weighted by atomic mass is 10.2. The molecule has 0 fully saturated rings. The van der Waals surface area contributed by atoms with E-state index < -0.39 is 29.8 Å². The normalized spacial score (nSPS) is 9.82. The van der Waals surface area contributed by atoms with E-state index in [4.69, 9.17) is 4.74 Å². The van der Waals surface area contributed by atoms with E-state index in [9.17, 15) is 18.4 Å². The molecule has 4 nitrogen and oxygen atoms in total. The highest BCUT2D eigenvalue weighted by molar-refractivity contribution is 5.76. The van der Waals surface area contributed by atoms with Crippen molar-refractivity contribution < 1.29 is 27.8 Å². The number of rotatable bonds is 5. The molecule has 6 heteroatoms. The molecule has 0 saturated heterocycles. The van der Waals surface area contributed by atoms with Gasteiger partial charge in [0.25, 0.3) is 0 Å². The summed E-state index contributed by atoms with van der Waals surface area (Å²) in [5, 5.41) is 0. The summed E-state index contributed by atoms with van der Waals surface area (Å²) in [5.41, 5.74) is -0.673. The van der Waals surface area contributed by atoms with Crippen molar-refractivity contribution in [3.63, 3.8) is 0 Å². The Bertz CT molecular complexity index is 408. The molecule has 0 saturated carbocycles. The second kappa shape index (κ2) is 5.93. The van der Waals surface area contributed by atoms with Crippen molar-refractivity contribution in [2.24, 2.45) is 0 Å². The van der Waals surface area contributed by atoms with Crippen LogP contribution in [0.25, 0.3) is 0 Å². The average molecular weight is 244 g/mol. The summed E-state index contributed by atoms with van der Waals surface area (Å²) < 4.78 is 35.6. The molecule has 0 radical (unpaired) electrons. The van der Waals surface area contributed by atoms with Gasteiger partial charge in [-0.05, 0) is 6.92 Å². The van der Waals surface area contributed by atoms with Crippen LogP contribution in [0.2, 0.25) is 0 Å². The van der Waals surface area contributed by atoms with Crippen molar-refractivity contribution in [1.29, 1.82) is 0 Å². The van der Waals surface area contributed by atoms with E-state index in [1.807, 2.05) is 0 Å². The highest BCUT2D eigenvalue weighted by Gasteiger charge is 2.12. The Labute approximate surface area is 96.1 Å². The number of benzene rings is 1. The fourth-order valence-electron chi connectivity index (χ4n) is 1.10. The SMILES string of the molecule is CCOC(=O)COc1cc(F)c(C=O)c(F)c1. The van der Waals surface area contributed by atoms with Crippen LogP contribution >= 0.6 is 0 Å². The molecule has 0 aliphatic heterocycles. The van der Waals surface area contributed by atoms with E-state index in [1.54, 1.807) is 6.92 Å². The second-order valence-electron chi connectivity index (χ2n) is 3.01. The third-order valence-corrected chi connectivity index (χ3v) is 1.83. The van der Waals surface area contributed by atoms with Crippen molar-refractivity contribution in [3.05, 3.63) is 29.3 Å². The van der Waals surface area contributed by atoms with Crippen molar-refractivity contribution in [2.75, 3.05) is 13.2 Å². The summed E-state index contributed by atoms with van der Waals surface area (Å²) in [6.07, 6.45) is 0.0692. The van der Waals surface area contributed by atoms with Crippen LogP contribution in [0.4, 0.5) is 8.78 Å². The molecular weight excluding hydrogens is 234 g/mol. The van der Waals surface area contributed by atoms with Gasteiger partial charge in [-0.3, -0.25) is 4.79 Å². The summed E-state index contributed by atoms with van der Waals surface area (Å²) in [7, 11) is 0. The molecule has 0 unspecified atom stereocenters. The van der Waals surface area contributed by atoms with Crippen LogP contribution in [-0.2, 0) is 9.53 Å². The molecular formula is C11H10F2O4. The fourth-order valence-corrected chi connectivity index (χ4v) is 1.10. The zero-order valence-corrected chi connectivity index (χ0v) is 9.04. The van der Waals surface area contributed by atoms with Gasteiger partial charge in [0.1, 0.15) is 17.4 Å². The Morgan fingerprint density at radius 2 is 1.94 bits per heavy atom. The molecule has 0 aliphatic carbocycles. The Balaban J connectivity index is 2.73. The number of ether oxygens (including phenoxy) is 2. The first kappa shape index (κ1) is 13.1. The number of aldehydes is 1. The zero-order chi connectivity index (χ0) is 12.8. The van der Waals surface area contributed by atoms with Gasteiger partial charge in [-0.1, -0.05) is 0 Å². The van der Waals surface area contributed by atoms with Gasteiger partial charge in [-0.2, -0.15) is 0 Å². The van der Waals surface area contributed by atoms with Crippen LogP contribution in [0.3, 0.4) is 0 Å².